The van der Waals surface area contributed by atoms with Crippen molar-refractivity contribution in [3.8, 4) is 0 Å². The van der Waals surface area contributed by atoms with Gasteiger partial charge in [-0.2, -0.15) is 4.31 Å². The highest BCUT2D eigenvalue weighted by atomic mass is 32.2. The monoisotopic (exact) mass is 531 g/mol. The van der Waals surface area contributed by atoms with Crippen molar-refractivity contribution >= 4 is 27.7 Å². The molecule has 0 spiro atoms. The number of nitrogens with one attached hydrogen (secondary N) is 1. The Morgan fingerprint density at radius 2 is 1.59 bits per heavy atom. The lowest BCUT2D eigenvalue weighted by Crippen LogP contribution is -2.58. The Bertz CT molecular complexity index is 1190. The lowest BCUT2D eigenvalue weighted by atomic mass is 9.94. The van der Waals surface area contributed by atoms with Crippen LogP contribution in [0.1, 0.15) is 40.2 Å². The predicted octanol–water partition coefficient (Wildman–Crippen LogP) is 3.96. The van der Waals surface area contributed by atoms with E-state index >= 15 is 0 Å². The van der Waals surface area contributed by atoms with Gasteiger partial charge in [0.25, 0.3) is 0 Å². The first-order valence-corrected chi connectivity index (χ1v) is 13.3. The fourth-order valence-electron chi connectivity index (χ4n) is 4.12. The average molecular weight is 532 g/mol. The molecule has 2 aromatic rings. The third kappa shape index (κ3) is 8.41. The molecule has 0 aliphatic rings. The van der Waals surface area contributed by atoms with Crippen LogP contribution in [0.25, 0.3) is 0 Å². The Morgan fingerprint density at radius 3 is 2.05 bits per heavy atom. The van der Waals surface area contributed by atoms with E-state index in [1.807, 2.05) is 30.3 Å². The largest absolute Gasteiger partial charge is 0.465 e. The van der Waals surface area contributed by atoms with Gasteiger partial charge in [-0.1, -0.05) is 42.5 Å². The van der Waals surface area contributed by atoms with Crippen LogP contribution in [0.3, 0.4) is 0 Å². The van der Waals surface area contributed by atoms with Gasteiger partial charge in [-0.25, -0.2) is 13.2 Å². The molecule has 2 aromatic carbocycles. The summed E-state index contributed by atoms with van der Waals surface area (Å²) in [6.45, 7) is 11.6. The maximum Gasteiger partial charge on any atom is 0.408 e. The fourth-order valence-corrected chi connectivity index (χ4v) is 5.64. The van der Waals surface area contributed by atoms with Crippen molar-refractivity contribution in [2.24, 2.45) is 0 Å². The Labute approximate surface area is 219 Å². The summed E-state index contributed by atoms with van der Waals surface area (Å²) < 4.78 is 28.3. The van der Waals surface area contributed by atoms with E-state index in [4.69, 9.17) is 0 Å². The summed E-state index contributed by atoms with van der Waals surface area (Å²) in [4.78, 5) is 24.8. The first kappa shape index (κ1) is 30.0. The minimum absolute atomic E-state index is 0.0272. The van der Waals surface area contributed by atoms with Crippen LogP contribution in [0.5, 0.6) is 0 Å². The molecule has 0 aliphatic carbocycles. The van der Waals surface area contributed by atoms with Crippen molar-refractivity contribution in [3.05, 3.63) is 72.3 Å². The van der Waals surface area contributed by atoms with Crippen LogP contribution >= 0.6 is 0 Å². The van der Waals surface area contributed by atoms with E-state index in [1.165, 1.54) is 36.1 Å². The quantitative estimate of drug-likeness (QED) is 0.377. The minimum atomic E-state index is -4.09. The summed E-state index contributed by atoms with van der Waals surface area (Å²) in [5.41, 5.74) is 0.952. The SMILES string of the molecule is C=C(C)CN(C[C@@H](O)[C@H](Cc1ccccc1)N(C(=O)O)C(C)(C)C)S(=O)(=O)c1ccc(NC(C)=O)cc1. The smallest absolute Gasteiger partial charge is 0.408 e. The molecule has 2 rings (SSSR count). The van der Waals surface area contributed by atoms with E-state index in [-0.39, 0.29) is 30.3 Å². The third-order valence-electron chi connectivity index (χ3n) is 5.64. The van der Waals surface area contributed by atoms with Gasteiger partial charge in [0, 0.05) is 31.2 Å². The fraction of sp³-hybridized carbons (Fsp3) is 0.407. The zero-order chi connectivity index (χ0) is 28.0. The lowest BCUT2D eigenvalue weighted by Gasteiger charge is -2.42. The van der Waals surface area contributed by atoms with Gasteiger partial charge < -0.3 is 15.5 Å². The van der Waals surface area contributed by atoms with E-state index in [0.29, 0.717) is 11.3 Å². The summed E-state index contributed by atoms with van der Waals surface area (Å²) in [6.07, 6.45) is -2.36. The van der Waals surface area contributed by atoms with Gasteiger partial charge in [0.2, 0.25) is 15.9 Å². The van der Waals surface area contributed by atoms with Crippen molar-refractivity contribution in [3.63, 3.8) is 0 Å². The molecule has 0 aromatic heterocycles. The second-order valence-electron chi connectivity index (χ2n) is 10.1. The number of benzene rings is 2. The van der Waals surface area contributed by atoms with Crippen molar-refractivity contribution in [1.82, 2.24) is 9.21 Å². The molecule has 0 radical (unpaired) electrons. The first-order chi connectivity index (χ1) is 17.1. The number of rotatable bonds is 11. The molecule has 202 valence electrons. The maximum atomic E-state index is 13.6. The molecule has 37 heavy (non-hydrogen) atoms. The van der Waals surface area contributed by atoms with Gasteiger partial charge in [0.05, 0.1) is 17.0 Å². The molecule has 0 saturated carbocycles. The molecule has 2 atom stereocenters. The number of aliphatic hydroxyl groups is 1. The number of aliphatic hydroxyl groups excluding tert-OH is 1. The molecule has 0 bridgehead atoms. The number of carboxylic acid groups (broad SMARTS) is 1. The van der Waals surface area contributed by atoms with Crippen molar-refractivity contribution in [2.75, 3.05) is 18.4 Å². The molecule has 0 aliphatic heterocycles. The van der Waals surface area contributed by atoms with Crippen LogP contribution in [0.15, 0.2) is 71.6 Å². The second-order valence-corrected chi connectivity index (χ2v) is 12.0. The highest BCUT2D eigenvalue weighted by Gasteiger charge is 2.39. The van der Waals surface area contributed by atoms with Gasteiger partial charge in [-0.3, -0.25) is 9.69 Å². The summed E-state index contributed by atoms with van der Waals surface area (Å²) in [5, 5.41) is 24.0. The Balaban J connectivity index is 2.45. The first-order valence-electron chi connectivity index (χ1n) is 11.9. The molecule has 9 nitrogen and oxygen atoms in total. The molecule has 0 saturated heterocycles. The Hall–Kier alpha value is -3.21. The highest BCUT2D eigenvalue weighted by Crippen LogP contribution is 2.25. The van der Waals surface area contributed by atoms with Gasteiger partial charge in [0.15, 0.2) is 0 Å². The number of hydrogen-bond donors (Lipinski definition) is 3. The molecule has 0 fully saturated rings. The number of hydrogen-bond acceptors (Lipinski definition) is 5. The molecule has 3 N–H and O–H groups in total. The lowest BCUT2D eigenvalue weighted by molar-refractivity contribution is -0.114. The standard InChI is InChI=1S/C27H37N3O6S/c1-19(2)17-29(37(35,36)23-14-12-22(13-15-23)28-20(3)31)18-25(32)24(16-21-10-8-7-9-11-21)30(26(33)34)27(4,5)6/h7-15,24-25,32H,1,16-18H2,2-6H3,(H,28,31)(H,33,34)/t24-,25+/m0/s1. The molecule has 10 heteroatoms. The molecule has 0 unspecified atom stereocenters. The number of carbonyl (C=O) groups excluding carboxylic acids is 1. The molecule has 2 amide bonds. The topological polar surface area (TPSA) is 127 Å². The van der Waals surface area contributed by atoms with Gasteiger partial charge >= 0.3 is 6.09 Å². The number of sulfonamides is 1. The Morgan fingerprint density at radius 1 is 1.03 bits per heavy atom. The molecular formula is C27H37N3O6S. The number of carbonyl (C=O) groups is 2. The number of nitrogens with zero attached hydrogens (tertiary/aromatic N) is 2. The third-order valence-corrected chi connectivity index (χ3v) is 7.47. The summed E-state index contributed by atoms with van der Waals surface area (Å²) in [6, 6.07) is 13.9. The number of anilines is 1. The van der Waals surface area contributed by atoms with Gasteiger partial charge in [-0.15, -0.1) is 0 Å². The number of amides is 2. The molecular weight excluding hydrogens is 494 g/mol. The van der Waals surface area contributed by atoms with Crippen LogP contribution in [-0.2, 0) is 21.2 Å². The predicted molar refractivity (Wildman–Crippen MR) is 144 cm³/mol. The van der Waals surface area contributed by atoms with Crippen LogP contribution < -0.4 is 5.32 Å². The van der Waals surface area contributed by atoms with E-state index in [1.54, 1.807) is 27.7 Å². The van der Waals surface area contributed by atoms with Gasteiger partial charge in [0.1, 0.15) is 0 Å². The summed E-state index contributed by atoms with van der Waals surface area (Å²) >= 11 is 0. The highest BCUT2D eigenvalue weighted by molar-refractivity contribution is 7.89. The van der Waals surface area contributed by atoms with Crippen LogP contribution in [0, 0.1) is 0 Å². The van der Waals surface area contributed by atoms with Crippen LogP contribution in [0.2, 0.25) is 0 Å². The van der Waals surface area contributed by atoms with Crippen LogP contribution in [-0.4, -0.2) is 70.6 Å². The second kappa shape index (κ2) is 12.4. The van der Waals surface area contributed by atoms with Crippen LogP contribution in [0.4, 0.5) is 10.5 Å². The van der Waals surface area contributed by atoms with Crippen molar-refractivity contribution in [1.29, 1.82) is 0 Å². The van der Waals surface area contributed by atoms with E-state index < -0.39 is 33.8 Å². The molecule has 0 heterocycles. The van der Waals surface area contributed by atoms with E-state index in [9.17, 15) is 28.2 Å². The zero-order valence-corrected chi connectivity index (χ0v) is 22.8. The normalized spacial score (nSPS) is 13.6. The Kier molecular flexibility index (Phi) is 10.0. The average Bonchev–Trinajstić information content (AvgIpc) is 2.77. The van der Waals surface area contributed by atoms with Crippen molar-refractivity contribution in [2.45, 2.75) is 63.6 Å². The van der Waals surface area contributed by atoms with Gasteiger partial charge in [-0.05, 0) is 63.9 Å². The summed E-state index contributed by atoms with van der Waals surface area (Å²) in [5.74, 6) is -0.283. The maximum absolute atomic E-state index is 13.6. The minimum Gasteiger partial charge on any atom is -0.465 e. The van der Waals surface area contributed by atoms with E-state index in [0.717, 1.165) is 9.87 Å². The van der Waals surface area contributed by atoms with Crippen molar-refractivity contribution < 1.29 is 28.2 Å². The summed E-state index contributed by atoms with van der Waals surface area (Å²) in [7, 11) is -4.09. The van der Waals surface area contributed by atoms with E-state index in [2.05, 4.69) is 11.9 Å². The zero-order valence-electron chi connectivity index (χ0n) is 22.0.